The molecule has 0 amide bonds. The molecule has 182 valence electrons. The topological polar surface area (TPSA) is 63.2 Å². The van der Waals surface area contributed by atoms with Crippen LogP contribution >= 0.6 is 0 Å². The van der Waals surface area contributed by atoms with E-state index < -0.39 is 35.9 Å². The van der Waals surface area contributed by atoms with Gasteiger partial charge in [-0.15, -0.1) is 0 Å². The van der Waals surface area contributed by atoms with Crippen LogP contribution in [0.3, 0.4) is 0 Å². The first kappa shape index (κ1) is 24.7. The predicted molar refractivity (Wildman–Crippen MR) is 126 cm³/mol. The van der Waals surface area contributed by atoms with Gasteiger partial charge in [0, 0.05) is 25.3 Å². The van der Waals surface area contributed by atoms with Crippen molar-refractivity contribution in [3.05, 3.63) is 65.0 Å². The van der Waals surface area contributed by atoms with Gasteiger partial charge in [-0.1, -0.05) is 36.4 Å². The number of benzene rings is 2. The number of hydrogen-bond acceptors (Lipinski definition) is 6. The van der Waals surface area contributed by atoms with Gasteiger partial charge >= 0.3 is 13.1 Å². The Hall–Kier alpha value is -2.42. The SMILES string of the molecule is CC1(C)OC(=O)c2c(F)ccc(C(COCc3ccccc3)CB3OC(C)(C)C(C)(C)O3)c2O1. The second kappa shape index (κ2) is 8.98. The Morgan fingerprint density at radius 3 is 2.24 bits per heavy atom. The molecule has 0 N–H and O–H groups in total. The molecule has 0 spiro atoms. The molecule has 0 bridgehead atoms. The van der Waals surface area contributed by atoms with E-state index >= 15 is 0 Å². The number of hydrogen-bond donors (Lipinski definition) is 0. The minimum atomic E-state index is -1.22. The van der Waals surface area contributed by atoms with Gasteiger partial charge in [0.25, 0.3) is 0 Å². The zero-order valence-corrected chi connectivity index (χ0v) is 20.6. The van der Waals surface area contributed by atoms with E-state index in [1.807, 2.05) is 58.0 Å². The Balaban J connectivity index is 1.64. The van der Waals surface area contributed by atoms with Gasteiger partial charge in [0.1, 0.15) is 17.1 Å². The van der Waals surface area contributed by atoms with E-state index in [1.165, 1.54) is 6.07 Å². The fourth-order valence-corrected chi connectivity index (χ4v) is 4.21. The van der Waals surface area contributed by atoms with Crippen molar-refractivity contribution in [2.45, 2.75) is 77.4 Å². The maximum Gasteiger partial charge on any atom is 0.458 e. The second-order valence-electron chi connectivity index (χ2n) is 10.4. The van der Waals surface area contributed by atoms with Crippen molar-refractivity contribution in [3.8, 4) is 5.75 Å². The van der Waals surface area contributed by atoms with E-state index in [4.69, 9.17) is 23.5 Å². The van der Waals surface area contributed by atoms with Crippen LogP contribution in [0.15, 0.2) is 42.5 Å². The standard InChI is InChI=1S/C26H32BFO6/c1-24(2)25(3,4)34-27(33-24)14-18(16-30-15-17-10-8-7-9-11-17)19-12-13-20(28)21-22(19)31-26(5,6)32-23(21)29/h7-13,18H,14-16H2,1-6H3. The van der Waals surface area contributed by atoms with Gasteiger partial charge < -0.3 is 23.5 Å². The number of halogens is 1. The van der Waals surface area contributed by atoms with Crippen molar-refractivity contribution < 1.29 is 32.7 Å². The van der Waals surface area contributed by atoms with Crippen LogP contribution in [0.2, 0.25) is 6.32 Å². The average Bonchev–Trinajstić information content (AvgIpc) is 2.93. The highest BCUT2D eigenvalue weighted by Gasteiger charge is 2.51. The lowest BCUT2D eigenvalue weighted by Crippen LogP contribution is -2.41. The van der Waals surface area contributed by atoms with Gasteiger partial charge in [-0.25, -0.2) is 9.18 Å². The summed E-state index contributed by atoms with van der Waals surface area (Å²) in [6.45, 7) is 11.9. The normalized spacial score (nSPS) is 20.9. The molecule has 1 saturated heterocycles. The highest BCUT2D eigenvalue weighted by molar-refractivity contribution is 6.45. The van der Waals surface area contributed by atoms with Gasteiger partial charge in [-0.05, 0) is 45.6 Å². The molecule has 0 saturated carbocycles. The van der Waals surface area contributed by atoms with Crippen LogP contribution in [0.4, 0.5) is 4.39 Å². The lowest BCUT2D eigenvalue weighted by Gasteiger charge is -2.34. The first-order valence-electron chi connectivity index (χ1n) is 11.6. The van der Waals surface area contributed by atoms with Crippen molar-refractivity contribution in [2.24, 2.45) is 0 Å². The van der Waals surface area contributed by atoms with E-state index in [0.717, 1.165) is 5.56 Å². The van der Waals surface area contributed by atoms with E-state index in [2.05, 4.69) is 0 Å². The molecule has 2 heterocycles. The monoisotopic (exact) mass is 470 g/mol. The molecule has 2 aliphatic heterocycles. The zero-order valence-electron chi connectivity index (χ0n) is 20.6. The average molecular weight is 470 g/mol. The summed E-state index contributed by atoms with van der Waals surface area (Å²) in [6.07, 6.45) is 0.443. The molecule has 6 nitrogen and oxygen atoms in total. The number of fused-ring (bicyclic) bond motifs is 1. The van der Waals surface area contributed by atoms with E-state index in [9.17, 15) is 9.18 Å². The Bertz CT molecular complexity index is 1040. The van der Waals surface area contributed by atoms with Crippen molar-refractivity contribution in [1.29, 1.82) is 0 Å². The number of carbonyl (C=O) groups excluding carboxylic acids is 1. The van der Waals surface area contributed by atoms with E-state index in [0.29, 0.717) is 25.1 Å². The molecule has 1 unspecified atom stereocenters. The van der Waals surface area contributed by atoms with Crippen molar-refractivity contribution in [1.82, 2.24) is 0 Å². The molecular formula is C26H32BFO6. The van der Waals surface area contributed by atoms with E-state index in [-0.39, 0.29) is 17.2 Å². The number of cyclic esters (lactones) is 1. The summed E-state index contributed by atoms with van der Waals surface area (Å²) >= 11 is 0. The third kappa shape index (κ3) is 4.99. The molecule has 4 rings (SSSR count). The largest absolute Gasteiger partial charge is 0.458 e. The fraction of sp³-hybridized carbons (Fsp3) is 0.500. The lowest BCUT2D eigenvalue weighted by atomic mass is 9.74. The summed E-state index contributed by atoms with van der Waals surface area (Å²) in [5.41, 5.74) is 0.525. The van der Waals surface area contributed by atoms with Crippen LogP contribution in [0.1, 0.15) is 68.9 Å². The quantitative estimate of drug-likeness (QED) is 0.393. The maximum atomic E-state index is 14.6. The molecule has 1 atom stereocenters. The third-order valence-electron chi connectivity index (χ3n) is 6.68. The van der Waals surface area contributed by atoms with Crippen LogP contribution < -0.4 is 4.74 Å². The molecular weight excluding hydrogens is 438 g/mol. The van der Waals surface area contributed by atoms with Gasteiger partial charge in [-0.2, -0.15) is 0 Å². The van der Waals surface area contributed by atoms with Crippen LogP contribution in [0.25, 0.3) is 0 Å². The second-order valence-corrected chi connectivity index (χ2v) is 10.4. The Morgan fingerprint density at radius 2 is 1.59 bits per heavy atom. The van der Waals surface area contributed by atoms with Crippen molar-refractivity contribution in [3.63, 3.8) is 0 Å². The predicted octanol–water partition coefficient (Wildman–Crippen LogP) is 5.50. The molecule has 2 aliphatic rings. The van der Waals surface area contributed by atoms with Gasteiger partial charge in [-0.3, -0.25) is 0 Å². The van der Waals surface area contributed by atoms with Gasteiger partial charge in [0.2, 0.25) is 5.79 Å². The third-order valence-corrected chi connectivity index (χ3v) is 6.68. The molecule has 2 aromatic rings. The minimum Gasteiger partial charge on any atom is -0.451 e. The summed E-state index contributed by atoms with van der Waals surface area (Å²) in [5.74, 6) is -2.74. The molecule has 0 aliphatic carbocycles. The summed E-state index contributed by atoms with van der Waals surface area (Å²) < 4.78 is 44.4. The summed E-state index contributed by atoms with van der Waals surface area (Å²) in [5, 5.41) is 0. The fourth-order valence-electron chi connectivity index (χ4n) is 4.21. The highest BCUT2D eigenvalue weighted by Crippen LogP contribution is 2.44. The summed E-state index contributed by atoms with van der Waals surface area (Å²) in [4.78, 5) is 12.6. The van der Waals surface area contributed by atoms with Crippen molar-refractivity contribution >= 4 is 13.1 Å². The van der Waals surface area contributed by atoms with Crippen LogP contribution in [0, 0.1) is 5.82 Å². The van der Waals surface area contributed by atoms with Crippen LogP contribution in [-0.4, -0.2) is 36.7 Å². The van der Waals surface area contributed by atoms with Crippen LogP contribution in [-0.2, 0) is 25.4 Å². The molecule has 0 radical (unpaired) electrons. The Labute approximate surface area is 200 Å². The van der Waals surface area contributed by atoms with Gasteiger partial charge in [0.15, 0.2) is 0 Å². The molecule has 34 heavy (non-hydrogen) atoms. The molecule has 8 heteroatoms. The zero-order chi connectivity index (χ0) is 24.7. The minimum absolute atomic E-state index is 0.186. The van der Waals surface area contributed by atoms with Crippen molar-refractivity contribution in [2.75, 3.05) is 6.61 Å². The smallest absolute Gasteiger partial charge is 0.451 e. The number of rotatable bonds is 7. The highest BCUT2D eigenvalue weighted by atomic mass is 19.1. The lowest BCUT2D eigenvalue weighted by molar-refractivity contribution is -0.128. The van der Waals surface area contributed by atoms with E-state index in [1.54, 1.807) is 19.9 Å². The Morgan fingerprint density at radius 1 is 0.941 bits per heavy atom. The number of carbonyl (C=O) groups is 1. The van der Waals surface area contributed by atoms with Crippen LogP contribution in [0.5, 0.6) is 5.75 Å². The first-order valence-corrected chi connectivity index (χ1v) is 11.6. The summed E-state index contributed by atoms with van der Waals surface area (Å²) in [7, 11) is -0.500. The Kier molecular flexibility index (Phi) is 6.53. The molecule has 2 aromatic carbocycles. The number of esters is 1. The molecule has 0 aromatic heterocycles. The summed E-state index contributed by atoms with van der Waals surface area (Å²) in [6, 6.07) is 12.8. The van der Waals surface area contributed by atoms with Gasteiger partial charge in [0.05, 0.1) is 24.4 Å². The molecule has 1 fully saturated rings. The first-order chi connectivity index (χ1) is 15.9. The maximum absolute atomic E-state index is 14.6. The number of ether oxygens (including phenoxy) is 3.